The third kappa shape index (κ3) is 4.66. The molecule has 1 aliphatic heterocycles. The Hall–Kier alpha value is -2.84. The molecule has 2 nitrogen and oxygen atoms in total. The van der Waals surface area contributed by atoms with Gasteiger partial charge in [0.05, 0.1) is 0 Å². The molecule has 0 atom stereocenters. The quantitative estimate of drug-likeness (QED) is 0.401. The van der Waals surface area contributed by atoms with Crippen LogP contribution in [0, 0.1) is 0 Å². The zero-order valence-corrected chi connectivity index (χ0v) is 18.1. The van der Waals surface area contributed by atoms with Gasteiger partial charge >= 0.3 is 0 Å². The minimum Gasteiger partial charge on any atom is -0.488 e. The van der Waals surface area contributed by atoms with Crippen LogP contribution >= 0.6 is 0 Å². The summed E-state index contributed by atoms with van der Waals surface area (Å²) in [7, 11) is 0. The van der Waals surface area contributed by atoms with E-state index in [-0.39, 0.29) is 0 Å². The van der Waals surface area contributed by atoms with Gasteiger partial charge in [-0.2, -0.15) is 0 Å². The SMILES string of the molecule is CCCN1CC(Oc2ccc(/C(=C(/CC)c3ccccc3)c3ccccc3)cc2)C1. The monoisotopic (exact) mass is 397 g/mol. The van der Waals surface area contributed by atoms with Crippen LogP contribution in [-0.4, -0.2) is 30.6 Å². The number of likely N-dealkylation sites (tertiary alicyclic amines) is 1. The minimum absolute atomic E-state index is 0.321. The number of benzene rings is 3. The minimum atomic E-state index is 0.321. The predicted octanol–water partition coefficient (Wildman–Crippen LogP) is 6.53. The van der Waals surface area contributed by atoms with Crippen molar-refractivity contribution in [2.75, 3.05) is 19.6 Å². The van der Waals surface area contributed by atoms with E-state index >= 15 is 0 Å². The van der Waals surface area contributed by atoms with Crippen molar-refractivity contribution >= 4 is 11.1 Å². The van der Waals surface area contributed by atoms with Gasteiger partial charge in [0.15, 0.2) is 0 Å². The van der Waals surface area contributed by atoms with Crippen molar-refractivity contribution in [3.63, 3.8) is 0 Å². The van der Waals surface area contributed by atoms with Crippen LogP contribution in [0.3, 0.4) is 0 Å². The molecule has 0 radical (unpaired) electrons. The molecule has 0 bridgehead atoms. The van der Waals surface area contributed by atoms with Crippen LogP contribution in [0.2, 0.25) is 0 Å². The molecule has 3 aromatic carbocycles. The molecule has 0 amide bonds. The third-order valence-corrected chi connectivity index (χ3v) is 5.75. The standard InChI is InChI=1S/C28H31NO/c1-3-19-29-20-26(21-29)30-25-17-15-24(16-18-25)28(23-13-9-6-10-14-23)27(4-2)22-11-7-5-8-12-22/h5-18,26H,3-4,19-21H2,1-2H3/b28-27-. The topological polar surface area (TPSA) is 12.5 Å². The Morgan fingerprint density at radius 3 is 1.90 bits per heavy atom. The Morgan fingerprint density at radius 1 is 0.767 bits per heavy atom. The maximum Gasteiger partial charge on any atom is 0.124 e. The molecule has 2 heteroatoms. The lowest BCUT2D eigenvalue weighted by Crippen LogP contribution is -2.53. The van der Waals surface area contributed by atoms with Gasteiger partial charge in [-0.1, -0.05) is 86.6 Å². The first kappa shape index (κ1) is 20.4. The zero-order valence-electron chi connectivity index (χ0n) is 18.1. The van der Waals surface area contributed by atoms with Crippen molar-refractivity contribution in [1.29, 1.82) is 0 Å². The van der Waals surface area contributed by atoms with Crippen molar-refractivity contribution in [2.24, 2.45) is 0 Å². The van der Waals surface area contributed by atoms with E-state index in [2.05, 4.69) is 104 Å². The van der Waals surface area contributed by atoms with E-state index < -0.39 is 0 Å². The van der Waals surface area contributed by atoms with Gasteiger partial charge < -0.3 is 4.74 Å². The average Bonchev–Trinajstić information content (AvgIpc) is 2.78. The molecule has 1 fully saturated rings. The summed E-state index contributed by atoms with van der Waals surface area (Å²) in [6.07, 6.45) is 2.50. The number of hydrogen-bond acceptors (Lipinski definition) is 2. The molecule has 0 N–H and O–H groups in total. The molecule has 1 saturated heterocycles. The van der Waals surface area contributed by atoms with E-state index in [1.54, 1.807) is 0 Å². The molecule has 0 saturated carbocycles. The summed E-state index contributed by atoms with van der Waals surface area (Å²) >= 11 is 0. The van der Waals surface area contributed by atoms with Gasteiger partial charge in [-0.15, -0.1) is 0 Å². The normalized spacial score (nSPS) is 15.4. The third-order valence-electron chi connectivity index (χ3n) is 5.75. The van der Waals surface area contributed by atoms with Crippen LogP contribution in [0.1, 0.15) is 43.4 Å². The van der Waals surface area contributed by atoms with Gasteiger partial charge in [-0.05, 0) is 59.4 Å². The first-order valence-corrected chi connectivity index (χ1v) is 11.1. The van der Waals surface area contributed by atoms with Gasteiger partial charge in [0.2, 0.25) is 0 Å². The second-order valence-electron chi connectivity index (χ2n) is 7.96. The lowest BCUT2D eigenvalue weighted by molar-refractivity contribution is 0.0202. The number of nitrogens with zero attached hydrogens (tertiary/aromatic N) is 1. The van der Waals surface area contributed by atoms with E-state index in [0.29, 0.717) is 6.10 Å². The summed E-state index contributed by atoms with van der Waals surface area (Å²) in [6, 6.07) is 30.1. The van der Waals surface area contributed by atoms with E-state index in [4.69, 9.17) is 4.74 Å². The number of ether oxygens (including phenoxy) is 1. The predicted molar refractivity (Wildman–Crippen MR) is 127 cm³/mol. The van der Waals surface area contributed by atoms with Crippen molar-refractivity contribution in [3.8, 4) is 5.75 Å². The molecule has 30 heavy (non-hydrogen) atoms. The second-order valence-corrected chi connectivity index (χ2v) is 7.96. The Bertz CT molecular complexity index is 955. The van der Waals surface area contributed by atoms with Crippen LogP contribution in [-0.2, 0) is 0 Å². The van der Waals surface area contributed by atoms with E-state index in [0.717, 1.165) is 25.3 Å². The molecule has 1 heterocycles. The van der Waals surface area contributed by atoms with Crippen molar-refractivity contribution < 1.29 is 4.74 Å². The fraction of sp³-hybridized carbons (Fsp3) is 0.286. The molecular weight excluding hydrogens is 366 g/mol. The second kappa shape index (κ2) is 9.77. The number of allylic oxidation sites excluding steroid dienone is 1. The summed E-state index contributed by atoms with van der Waals surface area (Å²) in [5.74, 6) is 0.963. The summed E-state index contributed by atoms with van der Waals surface area (Å²) in [4.78, 5) is 2.45. The molecule has 0 unspecified atom stereocenters. The van der Waals surface area contributed by atoms with Crippen molar-refractivity contribution in [2.45, 2.75) is 32.8 Å². The van der Waals surface area contributed by atoms with Crippen LogP contribution in [0.15, 0.2) is 84.9 Å². The number of rotatable bonds is 8. The molecule has 0 aliphatic carbocycles. The Labute approximate surface area is 180 Å². The summed E-state index contributed by atoms with van der Waals surface area (Å²) in [5, 5.41) is 0. The van der Waals surface area contributed by atoms with Crippen LogP contribution < -0.4 is 4.74 Å². The lowest BCUT2D eigenvalue weighted by Gasteiger charge is -2.38. The Morgan fingerprint density at radius 2 is 1.33 bits per heavy atom. The largest absolute Gasteiger partial charge is 0.488 e. The smallest absolute Gasteiger partial charge is 0.124 e. The molecule has 0 spiro atoms. The van der Waals surface area contributed by atoms with Crippen molar-refractivity contribution in [1.82, 2.24) is 4.90 Å². The van der Waals surface area contributed by atoms with E-state index in [1.807, 2.05) is 0 Å². The lowest BCUT2D eigenvalue weighted by atomic mass is 9.88. The average molecular weight is 398 g/mol. The van der Waals surface area contributed by atoms with Crippen molar-refractivity contribution in [3.05, 3.63) is 102 Å². The summed E-state index contributed by atoms with van der Waals surface area (Å²) in [5.41, 5.74) is 6.43. The summed E-state index contributed by atoms with van der Waals surface area (Å²) < 4.78 is 6.18. The molecule has 4 rings (SSSR count). The maximum atomic E-state index is 6.18. The molecule has 3 aromatic rings. The van der Waals surface area contributed by atoms with Gasteiger partial charge in [0.1, 0.15) is 11.9 Å². The highest BCUT2D eigenvalue weighted by Gasteiger charge is 2.27. The first-order valence-electron chi connectivity index (χ1n) is 11.1. The van der Waals surface area contributed by atoms with E-state index in [1.165, 1.54) is 40.8 Å². The highest BCUT2D eigenvalue weighted by molar-refractivity contribution is 5.98. The van der Waals surface area contributed by atoms with Gasteiger partial charge in [-0.25, -0.2) is 0 Å². The summed E-state index contributed by atoms with van der Waals surface area (Å²) in [6.45, 7) is 7.72. The Kier molecular flexibility index (Phi) is 6.66. The van der Waals surface area contributed by atoms with Gasteiger partial charge in [-0.3, -0.25) is 4.90 Å². The fourth-order valence-corrected chi connectivity index (χ4v) is 4.27. The highest BCUT2D eigenvalue weighted by Crippen LogP contribution is 2.35. The van der Waals surface area contributed by atoms with Crippen LogP contribution in [0.4, 0.5) is 0 Å². The first-order chi connectivity index (χ1) is 14.8. The Balaban J connectivity index is 1.63. The zero-order chi connectivity index (χ0) is 20.8. The van der Waals surface area contributed by atoms with Gasteiger partial charge in [0, 0.05) is 13.1 Å². The maximum absolute atomic E-state index is 6.18. The molecule has 1 aliphatic rings. The van der Waals surface area contributed by atoms with Gasteiger partial charge in [0.25, 0.3) is 0 Å². The molecular formula is C28H31NO. The number of hydrogen-bond donors (Lipinski definition) is 0. The van der Waals surface area contributed by atoms with Crippen LogP contribution in [0.5, 0.6) is 5.75 Å². The molecule has 0 aromatic heterocycles. The highest BCUT2D eigenvalue weighted by atomic mass is 16.5. The van der Waals surface area contributed by atoms with E-state index in [9.17, 15) is 0 Å². The fourth-order valence-electron chi connectivity index (χ4n) is 4.27. The molecule has 154 valence electrons. The van der Waals surface area contributed by atoms with Crippen LogP contribution in [0.25, 0.3) is 11.1 Å².